The lowest BCUT2D eigenvalue weighted by molar-refractivity contribution is -0.181. The summed E-state index contributed by atoms with van der Waals surface area (Å²) in [4.78, 5) is 4.33. The third-order valence-electron chi connectivity index (χ3n) is 7.33. The summed E-state index contributed by atoms with van der Waals surface area (Å²) < 4.78 is 66.3. The summed E-state index contributed by atoms with van der Waals surface area (Å²) in [7, 11) is 0. The molecule has 1 aliphatic carbocycles. The molecule has 204 valence electrons. The molecule has 3 nitrogen and oxygen atoms in total. The lowest BCUT2D eigenvalue weighted by Crippen LogP contribution is -2.26. The number of rotatable bonds is 11. The number of ether oxygens (including phenoxy) is 2. The first-order valence-corrected chi connectivity index (χ1v) is 13.5. The third-order valence-corrected chi connectivity index (χ3v) is 7.33. The van der Waals surface area contributed by atoms with Crippen LogP contribution in [0.3, 0.4) is 0 Å². The van der Waals surface area contributed by atoms with Gasteiger partial charge in [-0.2, -0.15) is 17.6 Å². The van der Waals surface area contributed by atoms with Crippen LogP contribution in [0.15, 0.2) is 54.7 Å². The summed E-state index contributed by atoms with van der Waals surface area (Å²) in [5, 5.41) is 0. The van der Waals surface area contributed by atoms with Gasteiger partial charge < -0.3 is 9.47 Å². The average Bonchev–Trinajstić information content (AvgIpc) is 2.93. The van der Waals surface area contributed by atoms with Gasteiger partial charge in [0.15, 0.2) is 11.5 Å². The minimum atomic E-state index is -3.70. The van der Waals surface area contributed by atoms with E-state index in [1.54, 1.807) is 19.2 Å². The highest BCUT2D eigenvalue weighted by Gasteiger charge is 2.33. The van der Waals surface area contributed by atoms with Gasteiger partial charge in [-0.05, 0) is 80.2 Å². The summed E-state index contributed by atoms with van der Waals surface area (Å²) in [5.41, 5.74) is 3.76. The molecule has 38 heavy (non-hydrogen) atoms. The van der Waals surface area contributed by atoms with Crippen molar-refractivity contribution >= 4 is 0 Å². The fraction of sp³-hybridized carbons (Fsp3) is 0.452. The van der Waals surface area contributed by atoms with E-state index in [0.717, 1.165) is 29.2 Å². The van der Waals surface area contributed by atoms with E-state index in [9.17, 15) is 17.6 Å². The number of halogens is 4. The van der Waals surface area contributed by atoms with Crippen LogP contribution in [0.4, 0.5) is 17.6 Å². The molecule has 0 saturated heterocycles. The lowest BCUT2D eigenvalue weighted by Gasteiger charge is -2.28. The first-order valence-electron chi connectivity index (χ1n) is 13.5. The van der Waals surface area contributed by atoms with Gasteiger partial charge in [-0.3, -0.25) is 4.98 Å². The van der Waals surface area contributed by atoms with Gasteiger partial charge in [-0.25, -0.2) is 0 Å². The molecule has 0 spiro atoms. The molecule has 0 amide bonds. The monoisotopic (exact) mass is 529 g/mol. The molecule has 0 bridgehead atoms. The molecule has 0 atom stereocenters. The average molecular weight is 530 g/mol. The maximum absolute atomic E-state index is 14.4. The van der Waals surface area contributed by atoms with Crippen LogP contribution in [0, 0.1) is 17.6 Å². The van der Waals surface area contributed by atoms with E-state index in [1.807, 2.05) is 6.07 Å². The number of aryl methyl sites for hydroxylation is 1. The molecule has 0 radical (unpaired) electrons. The van der Waals surface area contributed by atoms with Gasteiger partial charge in [0, 0.05) is 17.5 Å². The van der Waals surface area contributed by atoms with E-state index in [0.29, 0.717) is 11.6 Å². The molecule has 1 heterocycles. The van der Waals surface area contributed by atoms with Crippen molar-refractivity contribution in [3.8, 4) is 22.6 Å². The van der Waals surface area contributed by atoms with E-state index in [-0.39, 0.29) is 18.8 Å². The predicted octanol–water partition coefficient (Wildman–Crippen LogP) is 9.10. The second-order valence-corrected chi connectivity index (χ2v) is 10.0. The van der Waals surface area contributed by atoms with Crippen LogP contribution < -0.4 is 9.47 Å². The molecule has 1 fully saturated rings. The van der Waals surface area contributed by atoms with Crippen LogP contribution in [0.5, 0.6) is 11.5 Å². The normalized spacial score (nSPS) is 17.8. The van der Waals surface area contributed by atoms with Crippen molar-refractivity contribution in [3.63, 3.8) is 0 Å². The Morgan fingerprint density at radius 1 is 0.842 bits per heavy atom. The second-order valence-electron chi connectivity index (χ2n) is 10.0. The van der Waals surface area contributed by atoms with Gasteiger partial charge in [0.25, 0.3) is 0 Å². The van der Waals surface area contributed by atoms with Gasteiger partial charge in [-0.1, -0.05) is 50.1 Å². The molecule has 1 saturated carbocycles. The minimum absolute atomic E-state index is 0.0892. The zero-order valence-electron chi connectivity index (χ0n) is 22.0. The zero-order chi connectivity index (χ0) is 27.1. The third kappa shape index (κ3) is 7.06. The van der Waals surface area contributed by atoms with E-state index in [4.69, 9.17) is 4.74 Å². The van der Waals surface area contributed by atoms with Gasteiger partial charge >= 0.3 is 6.11 Å². The molecule has 3 aromatic rings. The summed E-state index contributed by atoms with van der Waals surface area (Å²) in [6, 6.07) is 14.1. The van der Waals surface area contributed by atoms with E-state index in [2.05, 4.69) is 40.9 Å². The number of alkyl halides is 2. The van der Waals surface area contributed by atoms with Crippen molar-refractivity contribution in [1.29, 1.82) is 0 Å². The summed E-state index contributed by atoms with van der Waals surface area (Å²) in [6.45, 7) is 3.97. The van der Waals surface area contributed by atoms with E-state index in [1.165, 1.54) is 44.1 Å². The fourth-order valence-corrected chi connectivity index (χ4v) is 5.23. The van der Waals surface area contributed by atoms with Gasteiger partial charge in [0.2, 0.25) is 11.6 Å². The van der Waals surface area contributed by atoms with Crippen LogP contribution in [-0.2, 0) is 6.42 Å². The maximum atomic E-state index is 14.4. The molecular formula is C31H35F4NO2. The van der Waals surface area contributed by atoms with Crippen molar-refractivity contribution in [3.05, 3.63) is 77.6 Å². The molecule has 0 aliphatic heterocycles. The number of benzene rings is 2. The molecule has 1 aliphatic rings. The minimum Gasteiger partial charge on any atom is -0.491 e. The van der Waals surface area contributed by atoms with Crippen molar-refractivity contribution in [1.82, 2.24) is 4.98 Å². The molecule has 2 aromatic carbocycles. The smallest absolute Gasteiger partial charge is 0.398 e. The lowest BCUT2D eigenvalue weighted by atomic mass is 9.77. The van der Waals surface area contributed by atoms with Crippen molar-refractivity contribution in [2.24, 2.45) is 5.92 Å². The Balaban J connectivity index is 1.32. The summed E-state index contributed by atoms with van der Waals surface area (Å²) >= 11 is 0. The Morgan fingerprint density at radius 3 is 2.13 bits per heavy atom. The Kier molecular flexibility index (Phi) is 9.29. The number of hydrogen-bond donors (Lipinski definition) is 0. The van der Waals surface area contributed by atoms with Crippen LogP contribution in [0.1, 0.15) is 76.0 Å². The molecule has 4 rings (SSSR count). The highest BCUT2D eigenvalue weighted by Crippen LogP contribution is 2.38. The van der Waals surface area contributed by atoms with Crippen LogP contribution in [0.2, 0.25) is 0 Å². The van der Waals surface area contributed by atoms with Crippen LogP contribution in [0.25, 0.3) is 11.1 Å². The summed E-state index contributed by atoms with van der Waals surface area (Å²) in [5.74, 6) is -2.58. The Morgan fingerprint density at radius 2 is 1.50 bits per heavy atom. The first kappa shape index (κ1) is 27.9. The quantitative estimate of drug-likeness (QED) is 0.232. The zero-order valence-corrected chi connectivity index (χ0v) is 22.0. The Bertz CT molecular complexity index is 1170. The van der Waals surface area contributed by atoms with E-state index >= 15 is 0 Å². The fourth-order valence-electron chi connectivity index (χ4n) is 5.23. The standard InChI is InChI=1S/C31H35F4NO2/c1-3-5-21-6-8-22(9-7-21)23-10-12-24(13-11-23)25-14-15-26(36-20-25)18-19-31(34,35)38-28-17-16-27(37-4-2)29(32)30(28)33/h10-17,20-22H,3-9,18-19H2,1-2H3. The SMILES string of the molecule is CCCC1CCC(c2ccc(-c3ccc(CCC(F)(F)Oc4ccc(OCC)c(F)c4F)nc3)cc2)CC1. The highest BCUT2D eigenvalue weighted by molar-refractivity contribution is 5.62. The molecule has 0 unspecified atom stereocenters. The second kappa shape index (κ2) is 12.6. The topological polar surface area (TPSA) is 31.4 Å². The number of pyridine rings is 1. The van der Waals surface area contributed by atoms with Gasteiger partial charge in [-0.15, -0.1) is 0 Å². The van der Waals surface area contributed by atoms with Gasteiger partial charge in [0.05, 0.1) is 13.0 Å². The van der Waals surface area contributed by atoms with E-state index < -0.39 is 29.9 Å². The predicted molar refractivity (Wildman–Crippen MR) is 141 cm³/mol. The molecular weight excluding hydrogens is 494 g/mol. The Labute approximate surface area is 222 Å². The van der Waals surface area contributed by atoms with Crippen molar-refractivity contribution in [2.45, 2.75) is 77.2 Å². The largest absolute Gasteiger partial charge is 0.491 e. The first-order chi connectivity index (χ1) is 18.3. The van der Waals surface area contributed by atoms with Crippen LogP contribution >= 0.6 is 0 Å². The number of hydrogen-bond acceptors (Lipinski definition) is 3. The number of nitrogens with zero attached hydrogens (tertiary/aromatic N) is 1. The van der Waals surface area contributed by atoms with Crippen LogP contribution in [-0.4, -0.2) is 17.7 Å². The van der Waals surface area contributed by atoms with Crippen molar-refractivity contribution in [2.75, 3.05) is 6.61 Å². The molecule has 7 heteroatoms. The molecule has 1 aromatic heterocycles. The Hall–Kier alpha value is -3.09. The summed E-state index contributed by atoms with van der Waals surface area (Å²) in [6.07, 6.45) is 4.84. The molecule has 0 N–H and O–H groups in total. The number of aromatic nitrogens is 1. The van der Waals surface area contributed by atoms with Gasteiger partial charge in [0.1, 0.15) is 0 Å². The van der Waals surface area contributed by atoms with Crippen molar-refractivity contribution < 1.29 is 27.0 Å². The maximum Gasteiger partial charge on any atom is 0.398 e. The highest BCUT2D eigenvalue weighted by atomic mass is 19.3.